The lowest BCUT2D eigenvalue weighted by atomic mass is 9.99. The topological polar surface area (TPSA) is 108 Å². The average molecular weight is 467 g/mol. The van der Waals surface area contributed by atoms with Gasteiger partial charge in [-0.05, 0) is 65.1 Å². The number of carbonyl (C=O) groups is 2. The Morgan fingerprint density at radius 3 is 1.43 bits per heavy atom. The molecule has 0 saturated carbocycles. The number of nitrogens with zero attached hydrogens (tertiary/aromatic N) is 2. The Balaban J connectivity index is 1.37. The molecule has 4 aromatic rings. The third-order valence-electron chi connectivity index (χ3n) is 5.33. The summed E-state index contributed by atoms with van der Waals surface area (Å²) in [5.41, 5.74) is 5.33. The van der Waals surface area contributed by atoms with E-state index in [-0.39, 0.29) is 12.1 Å². The van der Waals surface area contributed by atoms with Crippen molar-refractivity contribution >= 4 is 23.4 Å². The van der Waals surface area contributed by atoms with Crippen LogP contribution < -0.4 is 21.3 Å². The standard InChI is InChI=1S/C27H26N6O2/c34-26(32-24-7-3-1-4-8-24)30-18-22-16-28-13-11-20(22)15-21-12-14-29-17-23(21)19-31-27(35)33-25-9-5-2-6-10-25/h1-14,16-17H,15,18-19H2,(H2,30,32,34)(H2,31,33,35). The lowest BCUT2D eigenvalue weighted by Crippen LogP contribution is -2.29. The molecule has 0 spiro atoms. The lowest BCUT2D eigenvalue weighted by molar-refractivity contribution is 0.251. The highest BCUT2D eigenvalue weighted by Gasteiger charge is 2.10. The minimum Gasteiger partial charge on any atom is -0.334 e. The Bertz CT molecular complexity index is 1170. The van der Waals surface area contributed by atoms with Gasteiger partial charge in [0.05, 0.1) is 0 Å². The van der Waals surface area contributed by atoms with Gasteiger partial charge in [-0.15, -0.1) is 0 Å². The van der Waals surface area contributed by atoms with Gasteiger partial charge in [-0.1, -0.05) is 36.4 Å². The molecule has 4 N–H and O–H groups in total. The van der Waals surface area contributed by atoms with Crippen LogP contribution >= 0.6 is 0 Å². The smallest absolute Gasteiger partial charge is 0.319 e. The molecule has 0 saturated heterocycles. The van der Waals surface area contributed by atoms with E-state index >= 15 is 0 Å². The van der Waals surface area contributed by atoms with Crippen molar-refractivity contribution in [3.63, 3.8) is 0 Å². The molecule has 8 nitrogen and oxygen atoms in total. The summed E-state index contributed by atoms with van der Waals surface area (Å²) in [5, 5.41) is 11.4. The third-order valence-corrected chi connectivity index (χ3v) is 5.33. The molecule has 176 valence electrons. The monoisotopic (exact) mass is 466 g/mol. The summed E-state index contributed by atoms with van der Waals surface area (Å²) < 4.78 is 0. The first-order valence-corrected chi connectivity index (χ1v) is 11.2. The van der Waals surface area contributed by atoms with Crippen molar-refractivity contribution in [2.75, 3.05) is 10.6 Å². The fraction of sp³-hybridized carbons (Fsp3) is 0.111. The first-order valence-electron chi connectivity index (χ1n) is 11.2. The molecule has 0 aliphatic carbocycles. The lowest BCUT2D eigenvalue weighted by Gasteiger charge is -2.14. The zero-order valence-corrected chi connectivity index (χ0v) is 19.1. The minimum atomic E-state index is -0.288. The molecule has 0 unspecified atom stereocenters. The van der Waals surface area contributed by atoms with Crippen LogP contribution in [0.1, 0.15) is 22.3 Å². The number of nitrogens with one attached hydrogen (secondary N) is 4. The molecule has 35 heavy (non-hydrogen) atoms. The maximum absolute atomic E-state index is 12.3. The van der Waals surface area contributed by atoms with Crippen LogP contribution in [0, 0.1) is 0 Å². The van der Waals surface area contributed by atoms with E-state index in [1.54, 1.807) is 24.8 Å². The van der Waals surface area contributed by atoms with Crippen molar-refractivity contribution in [2.45, 2.75) is 19.5 Å². The molecule has 0 bridgehead atoms. The normalized spacial score (nSPS) is 10.3. The average Bonchev–Trinajstić information content (AvgIpc) is 2.89. The molecular formula is C27H26N6O2. The van der Waals surface area contributed by atoms with E-state index in [1.165, 1.54) is 0 Å². The van der Waals surface area contributed by atoms with Crippen LogP contribution in [-0.4, -0.2) is 22.0 Å². The van der Waals surface area contributed by atoms with Crippen molar-refractivity contribution in [3.05, 3.63) is 120 Å². The quantitative estimate of drug-likeness (QED) is 0.302. The number of benzene rings is 2. The van der Waals surface area contributed by atoms with Crippen molar-refractivity contribution in [1.82, 2.24) is 20.6 Å². The first kappa shape index (κ1) is 23.4. The molecule has 0 radical (unpaired) electrons. The van der Waals surface area contributed by atoms with Crippen molar-refractivity contribution in [3.8, 4) is 0 Å². The van der Waals surface area contributed by atoms with Gasteiger partial charge in [0.1, 0.15) is 0 Å². The van der Waals surface area contributed by atoms with Gasteiger partial charge in [0.25, 0.3) is 0 Å². The van der Waals surface area contributed by atoms with Crippen LogP contribution in [0.4, 0.5) is 21.0 Å². The van der Waals surface area contributed by atoms with Crippen LogP contribution in [0.2, 0.25) is 0 Å². The van der Waals surface area contributed by atoms with Gasteiger partial charge in [-0.2, -0.15) is 0 Å². The Morgan fingerprint density at radius 1 is 0.571 bits per heavy atom. The second-order valence-corrected chi connectivity index (χ2v) is 7.81. The highest BCUT2D eigenvalue weighted by molar-refractivity contribution is 5.89. The van der Waals surface area contributed by atoms with Gasteiger partial charge in [-0.3, -0.25) is 9.97 Å². The fourth-order valence-electron chi connectivity index (χ4n) is 3.52. The first-order chi connectivity index (χ1) is 17.2. The predicted octanol–water partition coefficient (Wildman–Crippen LogP) is 4.71. The third kappa shape index (κ3) is 7.13. The van der Waals surface area contributed by atoms with Crippen LogP contribution in [0.3, 0.4) is 0 Å². The van der Waals surface area contributed by atoms with E-state index in [2.05, 4.69) is 31.2 Å². The van der Waals surface area contributed by atoms with Gasteiger partial charge < -0.3 is 21.3 Å². The van der Waals surface area contributed by atoms with Crippen LogP contribution in [0.5, 0.6) is 0 Å². The van der Waals surface area contributed by atoms with E-state index in [9.17, 15) is 9.59 Å². The number of carbonyl (C=O) groups excluding carboxylic acids is 2. The SMILES string of the molecule is O=C(NCc1cnccc1Cc1ccncc1CNC(=O)Nc1ccccc1)Nc1ccccc1. The molecule has 0 aliphatic heterocycles. The molecule has 2 aromatic heterocycles. The summed E-state index contributed by atoms with van der Waals surface area (Å²) in [6, 6.07) is 21.8. The summed E-state index contributed by atoms with van der Waals surface area (Å²) in [5.74, 6) is 0. The number of aromatic nitrogens is 2. The van der Waals surface area contributed by atoms with Crippen LogP contribution in [-0.2, 0) is 19.5 Å². The maximum Gasteiger partial charge on any atom is 0.319 e. The second-order valence-electron chi connectivity index (χ2n) is 7.81. The molecule has 8 heteroatoms. The van der Waals surface area contributed by atoms with E-state index in [0.717, 1.165) is 33.6 Å². The number of rotatable bonds is 8. The summed E-state index contributed by atoms with van der Waals surface area (Å²) in [6.07, 6.45) is 7.58. The Labute approximate surface area is 203 Å². The van der Waals surface area contributed by atoms with Gasteiger partial charge in [-0.25, -0.2) is 9.59 Å². The number of amides is 4. The molecule has 0 aliphatic rings. The van der Waals surface area contributed by atoms with Crippen molar-refractivity contribution in [2.24, 2.45) is 0 Å². The summed E-state index contributed by atoms with van der Waals surface area (Å²) in [4.78, 5) is 33.0. The maximum atomic E-state index is 12.3. The number of pyridine rings is 2. The minimum absolute atomic E-state index is 0.288. The summed E-state index contributed by atoms with van der Waals surface area (Å²) in [7, 11) is 0. The van der Waals surface area contributed by atoms with Crippen LogP contribution in [0.15, 0.2) is 97.6 Å². The number of para-hydroxylation sites is 2. The van der Waals surface area contributed by atoms with E-state index in [1.807, 2.05) is 72.8 Å². The van der Waals surface area contributed by atoms with Crippen LogP contribution in [0.25, 0.3) is 0 Å². The Kier molecular flexibility index (Phi) is 8.00. The summed E-state index contributed by atoms with van der Waals surface area (Å²) in [6.45, 7) is 0.667. The number of hydrogen-bond acceptors (Lipinski definition) is 4. The molecular weight excluding hydrogens is 440 g/mol. The predicted molar refractivity (Wildman–Crippen MR) is 136 cm³/mol. The highest BCUT2D eigenvalue weighted by atomic mass is 16.2. The number of hydrogen-bond donors (Lipinski definition) is 4. The Morgan fingerprint density at radius 2 is 1.00 bits per heavy atom. The second kappa shape index (κ2) is 11.9. The fourth-order valence-corrected chi connectivity index (χ4v) is 3.52. The van der Waals surface area contributed by atoms with Crippen molar-refractivity contribution < 1.29 is 9.59 Å². The molecule has 4 rings (SSSR count). The van der Waals surface area contributed by atoms with E-state index < -0.39 is 0 Å². The van der Waals surface area contributed by atoms with E-state index in [0.29, 0.717) is 19.5 Å². The highest BCUT2D eigenvalue weighted by Crippen LogP contribution is 2.17. The molecule has 0 atom stereocenters. The van der Waals surface area contributed by atoms with Gasteiger partial charge >= 0.3 is 12.1 Å². The molecule has 0 fully saturated rings. The Hall–Kier alpha value is -4.72. The molecule has 2 aromatic carbocycles. The zero-order chi connectivity index (χ0) is 24.3. The van der Waals surface area contributed by atoms with Crippen molar-refractivity contribution in [1.29, 1.82) is 0 Å². The number of urea groups is 2. The molecule has 4 amide bonds. The largest absolute Gasteiger partial charge is 0.334 e. The van der Waals surface area contributed by atoms with Gasteiger partial charge in [0.2, 0.25) is 0 Å². The summed E-state index contributed by atoms with van der Waals surface area (Å²) >= 11 is 0. The zero-order valence-electron chi connectivity index (χ0n) is 19.1. The van der Waals surface area contributed by atoms with Gasteiger partial charge in [0, 0.05) is 49.3 Å². The number of anilines is 2. The van der Waals surface area contributed by atoms with Gasteiger partial charge in [0.15, 0.2) is 0 Å². The van der Waals surface area contributed by atoms with E-state index in [4.69, 9.17) is 0 Å². The molecule has 2 heterocycles.